The quantitative estimate of drug-likeness (QED) is 0.758. The van der Waals surface area contributed by atoms with E-state index in [2.05, 4.69) is 11.4 Å². The van der Waals surface area contributed by atoms with Gasteiger partial charge < -0.3 is 10.1 Å². The Hall–Kier alpha value is -3.32. The second kappa shape index (κ2) is 7.50. The van der Waals surface area contributed by atoms with Gasteiger partial charge in [-0.25, -0.2) is 0 Å². The molecule has 0 radical (unpaired) electrons. The zero-order valence-corrected chi connectivity index (χ0v) is 13.9. The van der Waals surface area contributed by atoms with Crippen molar-refractivity contribution in [2.75, 3.05) is 5.32 Å². The number of nitrogens with one attached hydrogen (secondary N) is 1. The summed E-state index contributed by atoms with van der Waals surface area (Å²) in [4.78, 5) is 12.4. The minimum absolute atomic E-state index is 0.221. The highest BCUT2D eigenvalue weighted by Gasteiger charge is 2.16. The predicted octanol–water partition coefficient (Wildman–Crippen LogP) is 4.31. The maximum Gasteiger partial charge on any atom is 0.265 e. The van der Waals surface area contributed by atoms with E-state index in [1.54, 1.807) is 19.1 Å². The second-order valence-electron chi connectivity index (χ2n) is 5.76. The Balaban J connectivity index is 1.69. The van der Waals surface area contributed by atoms with Gasteiger partial charge in [0.1, 0.15) is 5.75 Å². The number of ether oxygens (including phenoxy) is 1. The number of fused-ring (bicyclic) bond motifs is 1. The summed E-state index contributed by atoms with van der Waals surface area (Å²) in [5.41, 5.74) is 1.60. The summed E-state index contributed by atoms with van der Waals surface area (Å²) in [6.07, 6.45) is -0.279. The SMILES string of the molecule is C[C@H](Oc1cccc2ccccc12)C(=O)Nc1ccc(CC#N)cc1. The molecule has 1 N–H and O–H groups in total. The van der Waals surface area contributed by atoms with E-state index in [-0.39, 0.29) is 5.91 Å². The summed E-state index contributed by atoms with van der Waals surface area (Å²) in [5.74, 6) is 0.464. The molecule has 4 heteroatoms. The predicted molar refractivity (Wildman–Crippen MR) is 98.4 cm³/mol. The third-order valence-electron chi connectivity index (χ3n) is 3.93. The molecule has 3 aromatic rings. The van der Waals surface area contributed by atoms with Crippen LogP contribution in [-0.2, 0) is 11.2 Å². The van der Waals surface area contributed by atoms with Gasteiger partial charge in [-0.3, -0.25) is 4.79 Å². The third-order valence-corrected chi connectivity index (χ3v) is 3.93. The van der Waals surface area contributed by atoms with Gasteiger partial charge in [-0.15, -0.1) is 0 Å². The number of hydrogen-bond acceptors (Lipinski definition) is 3. The zero-order chi connectivity index (χ0) is 17.6. The van der Waals surface area contributed by atoms with Crippen molar-refractivity contribution in [3.63, 3.8) is 0 Å². The highest BCUT2D eigenvalue weighted by atomic mass is 16.5. The van der Waals surface area contributed by atoms with Crippen molar-refractivity contribution < 1.29 is 9.53 Å². The van der Waals surface area contributed by atoms with Crippen molar-refractivity contribution in [2.45, 2.75) is 19.4 Å². The molecule has 0 fully saturated rings. The van der Waals surface area contributed by atoms with Gasteiger partial charge in [-0.2, -0.15) is 5.26 Å². The molecule has 0 aliphatic rings. The van der Waals surface area contributed by atoms with Crippen molar-refractivity contribution in [3.05, 3.63) is 72.3 Å². The number of nitrogens with zero attached hydrogens (tertiary/aromatic N) is 1. The molecule has 0 aliphatic carbocycles. The van der Waals surface area contributed by atoms with Crippen LogP contribution in [0.15, 0.2) is 66.7 Å². The first-order chi connectivity index (χ1) is 12.2. The van der Waals surface area contributed by atoms with E-state index in [1.165, 1.54) is 0 Å². The smallest absolute Gasteiger partial charge is 0.265 e. The van der Waals surface area contributed by atoms with E-state index < -0.39 is 6.10 Å². The fraction of sp³-hybridized carbons (Fsp3) is 0.143. The van der Waals surface area contributed by atoms with Crippen molar-refractivity contribution in [3.8, 4) is 11.8 Å². The maximum atomic E-state index is 12.4. The molecule has 3 rings (SSSR count). The van der Waals surface area contributed by atoms with Gasteiger partial charge in [0.25, 0.3) is 5.91 Å². The van der Waals surface area contributed by atoms with E-state index >= 15 is 0 Å². The summed E-state index contributed by atoms with van der Waals surface area (Å²) in [5, 5.41) is 13.6. The summed E-state index contributed by atoms with van der Waals surface area (Å²) >= 11 is 0. The van der Waals surface area contributed by atoms with Crippen LogP contribution in [0.2, 0.25) is 0 Å². The standard InChI is InChI=1S/C21H18N2O2/c1-15(21(24)23-18-11-9-16(10-12-18)13-14-22)25-20-8-4-6-17-5-2-3-7-19(17)20/h2-12,15H,13H2,1H3,(H,23,24)/t15-/m0/s1. The molecule has 0 aromatic heterocycles. The largest absolute Gasteiger partial charge is 0.480 e. The lowest BCUT2D eigenvalue weighted by Crippen LogP contribution is -2.30. The lowest BCUT2D eigenvalue weighted by molar-refractivity contribution is -0.122. The average Bonchev–Trinajstić information content (AvgIpc) is 2.64. The highest BCUT2D eigenvalue weighted by Crippen LogP contribution is 2.26. The topological polar surface area (TPSA) is 62.1 Å². The van der Waals surface area contributed by atoms with Crippen molar-refractivity contribution in [1.29, 1.82) is 5.26 Å². The monoisotopic (exact) mass is 330 g/mol. The molecule has 0 heterocycles. The van der Waals surface area contributed by atoms with Crippen LogP contribution in [-0.4, -0.2) is 12.0 Å². The molecule has 25 heavy (non-hydrogen) atoms. The molecule has 0 unspecified atom stereocenters. The van der Waals surface area contributed by atoms with Crippen LogP contribution < -0.4 is 10.1 Å². The highest BCUT2D eigenvalue weighted by molar-refractivity contribution is 5.95. The Morgan fingerprint density at radius 3 is 2.56 bits per heavy atom. The van der Waals surface area contributed by atoms with Crippen LogP contribution in [0.5, 0.6) is 5.75 Å². The maximum absolute atomic E-state index is 12.4. The van der Waals surface area contributed by atoms with Crippen LogP contribution in [0, 0.1) is 11.3 Å². The molecule has 0 saturated carbocycles. The van der Waals surface area contributed by atoms with E-state index in [0.717, 1.165) is 16.3 Å². The Bertz CT molecular complexity index is 921. The molecule has 0 aliphatic heterocycles. The van der Waals surface area contributed by atoms with Crippen LogP contribution in [0.3, 0.4) is 0 Å². The van der Waals surface area contributed by atoms with Gasteiger partial charge in [-0.1, -0.05) is 48.5 Å². The summed E-state index contributed by atoms with van der Waals surface area (Å²) in [6.45, 7) is 1.72. The van der Waals surface area contributed by atoms with Gasteiger partial charge in [0.2, 0.25) is 0 Å². The van der Waals surface area contributed by atoms with Crippen LogP contribution in [0.1, 0.15) is 12.5 Å². The number of rotatable bonds is 5. The Labute approximate surface area is 146 Å². The molecule has 124 valence electrons. The fourth-order valence-electron chi connectivity index (χ4n) is 2.58. The molecular formula is C21H18N2O2. The summed E-state index contributed by atoms with van der Waals surface area (Å²) in [6, 6.07) is 23.0. The average molecular weight is 330 g/mol. The molecule has 1 atom stereocenters. The second-order valence-corrected chi connectivity index (χ2v) is 5.76. The lowest BCUT2D eigenvalue weighted by atomic mass is 10.1. The number of carbonyl (C=O) groups is 1. The van der Waals surface area contributed by atoms with E-state index in [0.29, 0.717) is 17.9 Å². The minimum Gasteiger partial charge on any atom is -0.480 e. The first-order valence-electron chi connectivity index (χ1n) is 8.08. The van der Waals surface area contributed by atoms with E-state index in [4.69, 9.17) is 10.00 Å². The third kappa shape index (κ3) is 3.96. The van der Waals surface area contributed by atoms with E-state index in [1.807, 2.05) is 54.6 Å². The van der Waals surface area contributed by atoms with E-state index in [9.17, 15) is 4.79 Å². The van der Waals surface area contributed by atoms with Crippen molar-refractivity contribution in [1.82, 2.24) is 0 Å². The number of amides is 1. The zero-order valence-electron chi connectivity index (χ0n) is 13.9. The van der Waals surface area contributed by atoms with Gasteiger partial charge in [-0.05, 0) is 36.1 Å². The van der Waals surface area contributed by atoms with Gasteiger partial charge in [0.05, 0.1) is 12.5 Å². The molecule has 1 amide bonds. The lowest BCUT2D eigenvalue weighted by Gasteiger charge is -2.16. The van der Waals surface area contributed by atoms with Crippen molar-refractivity contribution >= 4 is 22.4 Å². The summed E-state index contributed by atoms with van der Waals surface area (Å²) in [7, 11) is 0. The van der Waals surface area contributed by atoms with Crippen molar-refractivity contribution in [2.24, 2.45) is 0 Å². The normalized spacial score (nSPS) is 11.5. The molecule has 0 saturated heterocycles. The Kier molecular flexibility index (Phi) is 4.96. The number of hydrogen-bond donors (Lipinski definition) is 1. The Morgan fingerprint density at radius 1 is 1.08 bits per heavy atom. The van der Waals surface area contributed by atoms with Gasteiger partial charge >= 0.3 is 0 Å². The number of benzene rings is 3. The molecule has 4 nitrogen and oxygen atoms in total. The van der Waals surface area contributed by atoms with Gasteiger partial charge in [0, 0.05) is 11.1 Å². The minimum atomic E-state index is -0.635. The van der Waals surface area contributed by atoms with Gasteiger partial charge in [0.15, 0.2) is 6.10 Å². The first kappa shape index (κ1) is 16.5. The molecular weight excluding hydrogens is 312 g/mol. The molecule has 0 spiro atoms. The number of nitriles is 1. The Morgan fingerprint density at radius 2 is 1.80 bits per heavy atom. The number of carbonyl (C=O) groups excluding carboxylic acids is 1. The van der Waals surface area contributed by atoms with Crippen LogP contribution in [0.25, 0.3) is 10.8 Å². The summed E-state index contributed by atoms with van der Waals surface area (Å²) < 4.78 is 5.87. The first-order valence-corrected chi connectivity index (χ1v) is 8.08. The van der Waals surface area contributed by atoms with Crippen LogP contribution >= 0.6 is 0 Å². The fourth-order valence-corrected chi connectivity index (χ4v) is 2.58. The molecule has 0 bridgehead atoms. The van der Waals surface area contributed by atoms with Crippen LogP contribution in [0.4, 0.5) is 5.69 Å². The number of anilines is 1. The molecule has 3 aromatic carbocycles.